The van der Waals surface area contributed by atoms with Gasteiger partial charge in [-0.1, -0.05) is 0 Å². The van der Waals surface area contributed by atoms with Gasteiger partial charge in [-0.3, -0.25) is 0 Å². The van der Waals surface area contributed by atoms with Crippen LogP contribution in [-0.2, 0) is 10.0 Å². The number of hydrogen-bond acceptors (Lipinski definition) is 4. The van der Waals surface area contributed by atoms with Crippen LogP contribution in [0, 0.1) is 0 Å². The van der Waals surface area contributed by atoms with Crippen LogP contribution in [-0.4, -0.2) is 36.6 Å². The lowest BCUT2D eigenvalue weighted by molar-refractivity contribution is 0.520. The minimum Gasteiger partial charge on any atom is -0.382 e. The van der Waals surface area contributed by atoms with E-state index in [-0.39, 0.29) is 4.90 Å². The first-order valence-electron chi connectivity index (χ1n) is 5.25. The number of nitrogen functional groups attached to an aromatic ring is 1. The molecule has 96 valence electrons. The quantitative estimate of drug-likeness (QED) is 0.887. The summed E-state index contributed by atoms with van der Waals surface area (Å²) in [6, 6.07) is 8.13. The predicted molar refractivity (Wildman–Crippen MR) is 68.8 cm³/mol. The molecule has 2 N–H and O–H groups in total. The Morgan fingerprint density at radius 3 is 2.22 bits per heavy atom. The number of sulfonamides is 1. The highest BCUT2D eigenvalue weighted by atomic mass is 32.2. The highest BCUT2D eigenvalue weighted by molar-refractivity contribution is 7.89. The van der Waals surface area contributed by atoms with Gasteiger partial charge >= 0.3 is 0 Å². The van der Waals surface area contributed by atoms with Crippen LogP contribution in [0.2, 0.25) is 0 Å². The van der Waals surface area contributed by atoms with Crippen LogP contribution in [0.5, 0.6) is 0 Å². The van der Waals surface area contributed by atoms with Crippen LogP contribution in [0.15, 0.2) is 41.4 Å². The van der Waals surface area contributed by atoms with E-state index in [0.717, 1.165) is 5.69 Å². The second-order valence-corrected chi connectivity index (χ2v) is 6.12. The normalized spacial score (nSPS) is 11.9. The monoisotopic (exact) mass is 266 g/mol. The van der Waals surface area contributed by atoms with Gasteiger partial charge < -0.3 is 5.73 Å². The smallest absolute Gasteiger partial charge is 0.242 e. The van der Waals surface area contributed by atoms with Crippen LogP contribution in [0.25, 0.3) is 5.69 Å². The molecular weight excluding hydrogens is 252 g/mol. The Bertz CT molecular complexity index is 644. The van der Waals surface area contributed by atoms with Crippen molar-refractivity contribution in [1.29, 1.82) is 0 Å². The number of rotatable bonds is 3. The lowest BCUT2D eigenvalue weighted by Gasteiger charge is -2.11. The second-order valence-electron chi connectivity index (χ2n) is 3.97. The highest BCUT2D eigenvalue weighted by Crippen LogP contribution is 2.16. The Morgan fingerprint density at radius 2 is 1.78 bits per heavy atom. The van der Waals surface area contributed by atoms with E-state index in [9.17, 15) is 8.42 Å². The van der Waals surface area contributed by atoms with Gasteiger partial charge in [0.15, 0.2) is 0 Å². The summed E-state index contributed by atoms with van der Waals surface area (Å²) in [4.78, 5) is 0.247. The van der Waals surface area contributed by atoms with E-state index in [0.29, 0.717) is 5.82 Å². The van der Waals surface area contributed by atoms with Crippen LogP contribution < -0.4 is 5.73 Å². The van der Waals surface area contributed by atoms with Crippen molar-refractivity contribution >= 4 is 15.8 Å². The molecule has 0 unspecified atom stereocenters. The predicted octanol–water partition coefficient (Wildman–Crippen LogP) is 0.705. The standard InChI is InChI=1S/C11H14N4O2S/c1-14(2)18(16,17)10-5-3-9(4-6-10)15-8-7-11(12)13-15/h3-8H,1-2H3,(H2,12,13). The molecule has 7 heteroatoms. The third-order valence-electron chi connectivity index (χ3n) is 2.49. The molecule has 0 aliphatic rings. The fourth-order valence-corrected chi connectivity index (χ4v) is 2.37. The average molecular weight is 266 g/mol. The van der Waals surface area contributed by atoms with Gasteiger partial charge in [0.1, 0.15) is 5.82 Å². The van der Waals surface area contributed by atoms with E-state index in [4.69, 9.17) is 5.73 Å². The molecule has 0 radical (unpaired) electrons. The van der Waals surface area contributed by atoms with Crippen molar-refractivity contribution in [3.63, 3.8) is 0 Å². The molecule has 0 bridgehead atoms. The van der Waals surface area contributed by atoms with E-state index in [1.54, 1.807) is 41.2 Å². The SMILES string of the molecule is CN(C)S(=O)(=O)c1ccc(-n2ccc(N)n2)cc1. The summed E-state index contributed by atoms with van der Waals surface area (Å²) < 4.78 is 26.5. The average Bonchev–Trinajstić information content (AvgIpc) is 2.76. The van der Waals surface area contributed by atoms with Gasteiger partial charge in [0.2, 0.25) is 10.0 Å². The minimum absolute atomic E-state index is 0.247. The van der Waals surface area contributed by atoms with Gasteiger partial charge in [0.25, 0.3) is 0 Å². The molecule has 0 saturated carbocycles. The molecule has 18 heavy (non-hydrogen) atoms. The summed E-state index contributed by atoms with van der Waals surface area (Å²) in [6.07, 6.45) is 1.71. The molecule has 1 aromatic heterocycles. The number of nitrogens with zero attached hydrogens (tertiary/aromatic N) is 3. The lowest BCUT2D eigenvalue weighted by Crippen LogP contribution is -2.22. The van der Waals surface area contributed by atoms with Gasteiger partial charge in [0, 0.05) is 26.4 Å². The van der Waals surface area contributed by atoms with E-state index in [1.165, 1.54) is 18.4 Å². The minimum atomic E-state index is -3.39. The number of aromatic nitrogens is 2. The van der Waals surface area contributed by atoms with Crippen molar-refractivity contribution < 1.29 is 8.42 Å². The van der Waals surface area contributed by atoms with Gasteiger partial charge in [-0.25, -0.2) is 17.4 Å². The topological polar surface area (TPSA) is 81.2 Å². The molecule has 0 aliphatic heterocycles. The van der Waals surface area contributed by atoms with Crippen LogP contribution in [0.3, 0.4) is 0 Å². The van der Waals surface area contributed by atoms with Crippen molar-refractivity contribution in [2.24, 2.45) is 0 Å². The zero-order valence-corrected chi connectivity index (χ0v) is 10.9. The van der Waals surface area contributed by atoms with E-state index < -0.39 is 10.0 Å². The van der Waals surface area contributed by atoms with E-state index in [1.807, 2.05) is 0 Å². The molecule has 0 atom stereocenters. The Balaban J connectivity index is 2.37. The Hall–Kier alpha value is -1.86. The summed E-state index contributed by atoms with van der Waals surface area (Å²) in [5.74, 6) is 0.417. The molecular formula is C11H14N4O2S. The molecule has 2 rings (SSSR count). The maximum absolute atomic E-state index is 11.9. The van der Waals surface area contributed by atoms with Crippen molar-refractivity contribution in [2.45, 2.75) is 4.90 Å². The molecule has 0 spiro atoms. The number of nitrogens with two attached hydrogens (primary N) is 1. The van der Waals surface area contributed by atoms with Crippen molar-refractivity contribution in [3.05, 3.63) is 36.5 Å². The Labute approximate surface area is 106 Å². The molecule has 0 aliphatic carbocycles. The summed E-state index contributed by atoms with van der Waals surface area (Å²) in [7, 11) is -0.397. The van der Waals surface area contributed by atoms with Crippen LogP contribution in [0.1, 0.15) is 0 Å². The fraction of sp³-hybridized carbons (Fsp3) is 0.182. The Kier molecular flexibility index (Phi) is 3.10. The van der Waals surface area contributed by atoms with Crippen molar-refractivity contribution in [1.82, 2.24) is 14.1 Å². The zero-order chi connectivity index (χ0) is 13.3. The molecule has 0 fully saturated rings. The number of anilines is 1. The molecule has 0 amide bonds. The summed E-state index contributed by atoms with van der Waals surface area (Å²) in [5.41, 5.74) is 6.27. The highest BCUT2D eigenvalue weighted by Gasteiger charge is 2.16. The van der Waals surface area contributed by atoms with Gasteiger partial charge in [-0.2, -0.15) is 5.10 Å². The molecule has 6 nitrogen and oxygen atoms in total. The van der Waals surface area contributed by atoms with Crippen LogP contribution in [0.4, 0.5) is 5.82 Å². The summed E-state index contributed by atoms with van der Waals surface area (Å²) in [6.45, 7) is 0. The van der Waals surface area contributed by atoms with Crippen LogP contribution >= 0.6 is 0 Å². The first-order chi connectivity index (χ1) is 8.41. The first-order valence-corrected chi connectivity index (χ1v) is 6.69. The zero-order valence-electron chi connectivity index (χ0n) is 10.1. The maximum atomic E-state index is 11.9. The number of hydrogen-bond donors (Lipinski definition) is 1. The molecule has 2 aromatic rings. The second kappa shape index (κ2) is 4.43. The van der Waals surface area contributed by atoms with Gasteiger partial charge in [-0.15, -0.1) is 0 Å². The number of benzene rings is 1. The van der Waals surface area contributed by atoms with E-state index in [2.05, 4.69) is 5.10 Å². The van der Waals surface area contributed by atoms with Gasteiger partial charge in [-0.05, 0) is 24.3 Å². The first kappa shape index (κ1) is 12.6. The molecule has 0 saturated heterocycles. The fourth-order valence-electron chi connectivity index (χ4n) is 1.46. The third-order valence-corrected chi connectivity index (χ3v) is 4.32. The largest absolute Gasteiger partial charge is 0.382 e. The molecule has 1 heterocycles. The summed E-state index contributed by atoms with van der Waals surface area (Å²) in [5, 5.41) is 4.04. The van der Waals surface area contributed by atoms with Gasteiger partial charge in [0.05, 0.1) is 10.6 Å². The summed E-state index contributed by atoms with van der Waals surface area (Å²) >= 11 is 0. The lowest BCUT2D eigenvalue weighted by atomic mass is 10.3. The Morgan fingerprint density at radius 1 is 1.17 bits per heavy atom. The van der Waals surface area contributed by atoms with Crippen molar-refractivity contribution in [3.8, 4) is 5.69 Å². The maximum Gasteiger partial charge on any atom is 0.242 e. The van der Waals surface area contributed by atoms with Crippen molar-refractivity contribution in [2.75, 3.05) is 19.8 Å². The molecule has 1 aromatic carbocycles. The third kappa shape index (κ3) is 2.22. The van der Waals surface area contributed by atoms with E-state index >= 15 is 0 Å².